The van der Waals surface area contributed by atoms with Crippen LogP contribution in [0.15, 0.2) is 47.4 Å². The highest BCUT2D eigenvalue weighted by Gasteiger charge is 2.19. The first-order valence-corrected chi connectivity index (χ1v) is 8.57. The molecule has 0 bridgehead atoms. The molecule has 0 spiro atoms. The number of nitrogen functional groups attached to an aromatic ring is 1. The fraction of sp³-hybridized carbons (Fsp3) is 0. The Morgan fingerprint density at radius 1 is 1.19 bits per heavy atom. The van der Waals surface area contributed by atoms with Crippen molar-refractivity contribution < 1.29 is 8.42 Å². The minimum atomic E-state index is -3.80. The number of nitrogens with zero attached hydrogens (tertiary/aromatic N) is 1. The topological polar surface area (TPSA) is 85.1 Å². The van der Waals surface area contributed by atoms with Crippen molar-refractivity contribution in [2.45, 2.75) is 4.90 Å². The van der Waals surface area contributed by atoms with E-state index >= 15 is 0 Å². The van der Waals surface area contributed by atoms with Crippen LogP contribution >= 0.6 is 22.9 Å². The molecule has 8 heteroatoms. The van der Waals surface area contributed by atoms with Crippen molar-refractivity contribution in [2.75, 3.05) is 10.5 Å². The number of thiazole rings is 1. The maximum atomic E-state index is 12.3. The molecule has 1 heterocycles. The zero-order valence-corrected chi connectivity index (χ0v) is 13.0. The zero-order valence-electron chi connectivity index (χ0n) is 10.6. The Labute approximate surface area is 130 Å². The minimum absolute atomic E-state index is 0.0300. The Bertz CT molecular complexity index is 889. The molecule has 0 atom stereocenters. The van der Waals surface area contributed by atoms with Gasteiger partial charge in [-0.15, -0.1) is 0 Å². The van der Waals surface area contributed by atoms with Gasteiger partial charge in [-0.25, -0.2) is 13.4 Å². The van der Waals surface area contributed by atoms with Crippen LogP contribution in [-0.4, -0.2) is 13.4 Å². The zero-order chi connectivity index (χ0) is 15.0. The number of hydrogen-bond donors (Lipinski definition) is 2. The highest BCUT2D eigenvalue weighted by molar-refractivity contribution is 7.93. The van der Waals surface area contributed by atoms with E-state index < -0.39 is 10.0 Å². The van der Waals surface area contributed by atoms with Crippen LogP contribution < -0.4 is 10.5 Å². The van der Waals surface area contributed by atoms with Gasteiger partial charge in [0.25, 0.3) is 10.0 Å². The number of hydrogen-bond acceptors (Lipinski definition) is 5. The molecular formula is C13H10ClN3O2S2. The summed E-state index contributed by atoms with van der Waals surface area (Å²) in [7, 11) is -3.80. The van der Waals surface area contributed by atoms with Crippen LogP contribution in [0.4, 0.5) is 10.8 Å². The number of halogens is 1. The highest BCUT2D eigenvalue weighted by atomic mass is 35.5. The minimum Gasteiger partial charge on any atom is -0.399 e. The molecule has 0 unspecified atom stereocenters. The van der Waals surface area contributed by atoms with Crippen molar-refractivity contribution in [2.24, 2.45) is 0 Å². The Balaban J connectivity index is 1.99. The molecule has 0 radical (unpaired) electrons. The molecule has 3 N–H and O–H groups in total. The summed E-state index contributed by atoms with van der Waals surface area (Å²) in [4.78, 5) is 4.20. The quantitative estimate of drug-likeness (QED) is 0.717. The maximum Gasteiger partial charge on any atom is 0.265 e. The number of sulfonamides is 1. The average molecular weight is 340 g/mol. The number of benzene rings is 2. The van der Waals surface area contributed by atoms with Gasteiger partial charge in [-0.3, -0.25) is 4.72 Å². The second kappa shape index (κ2) is 5.18. The third-order valence-corrected chi connectivity index (χ3v) is 5.66. The van der Waals surface area contributed by atoms with Crippen LogP contribution in [0, 0.1) is 0 Å². The molecule has 2 aromatic carbocycles. The van der Waals surface area contributed by atoms with Crippen molar-refractivity contribution in [1.29, 1.82) is 0 Å². The van der Waals surface area contributed by atoms with Crippen molar-refractivity contribution in [1.82, 2.24) is 4.98 Å². The summed E-state index contributed by atoms with van der Waals surface area (Å²) >= 11 is 7.20. The molecule has 0 fully saturated rings. The molecule has 0 aliphatic carbocycles. The van der Waals surface area contributed by atoms with E-state index in [2.05, 4.69) is 9.71 Å². The summed E-state index contributed by atoms with van der Waals surface area (Å²) in [5.74, 6) is 0. The standard InChI is InChI=1S/C13H10ClN3O2S2/c14-9-7-8(15)5-6-12(9)21(18,19)17-13-16-10-3-1-2-4-11(10)20-13/h1-7H,15H2,(H,16,17). The van der Waals surface area contributed by atoms with Gasteiger partial charge < -0.3 is 5.73 Å². The molecule has 3 rings (SSSR count). The second-order valence-electron chi connectivity index (χ2n) is 4.28. The Hall–Kier alpha value is -1.83. The second-order valence-corrected chi connectivity index (χ2v) is 7.37. The molecule has 108 valence electrons. The summed E-state index contributed by atoms with van der Waals surface area (Å²) in [6.45, 7) is 0. The number of rotatable bonds is 3. The Morgan fingerprint density at radius 2 is 1.95 bits per heavy atom. The highest BCUT2D eigenvalue weighted by Crippen LogP contribution is 2.29. The monoisotopic (exact) mass is 339 g/mol. The molecule has 0 aliphatic rings. The first-order valence-electron chi connectivity index (χ1n) is 5.89. The van der Waals surface area contributed by atoms with Gasteiger partial charge in [-0.2, -0.15) is 0 Å². The van der Waals surface area contributed by atoms with Gasteiger partial charge in [-0.05, 0) is 30.3 Å². The van der Waals surface area contributed by atoms with Crippen molar-refractivity contribution >= 4 is 54.0 Å². The third-order valence-electron chi connectivity index (χ3n) is 2.76. The summed E-state index contributed by atoms with van der Waals surface area (Å²) in [6.07, 6.45) is 0. The van der Waals surface area contributed by atoms with E-state index in [1.165, 1.54) is 29.5 Å². The predicted molar refractivity (Wildman–Crippen MR) is 86.3 cm³/mol. The third kappa shape index (κ3) is 2.80. The molecule has 3 aromatic rings. The van der Waals surface area contributed by atoms with Crippen LogP contribution in [0.2, 0.25) is 5.02 Å². The number of nitrogens with two attached hydrogens (primary N) is 1. The number of anilines is 2. The van der Waals surface area contributed by atoms with Gasteiger partial charge >= 0.3 is 0 Å². The number of para-hydroxylation sites is 1. The molecule has 0 saturated carbocycles. The Morgan fingerprint density at radius 3 is 2.67 bits per heavy atom. The molecule has 1 aromatic heterocycles. The smallest absolute Gasteiger partial charge is 0.265 e. The van der Waals surface area contributed by atoms with Gasteiger partial charge in [0.1, 0.15) is 4.90 Å². The van der Waals surface area contributed by atoms with E-state index in [0.717, 1.165) is 10.2 Å². The molecule has 0 amide bonds. The summed E-state index contributed by atoms with van der Waals surface area (Å²) < 4.78 is 28.0. The summed E-state index contributed by atoms with van der Waals surface area (Å²) in [6, 6.07) is 11.7. The lowest BCUT2D eigenvalue weighted by Gasteiger charge is -2.07. The van der Waals surface area contributed by atoms with E-state index in [1.54, 1.807) is 0 Å². The fourth-order valence-corrected chi connectivity index (χ4v) is 4.48. The molecule has 0 aliphatic heterocycles. The largest absolute Gasteiger partial charge is 0.399 e. The van der Waals surface area contributed by atoms with E-state index in [0.29, 0.717) is 10.8 Å². The fourth-order valence-electron chi connectivity index (χ4n) is 1.82. The van der Waals surface area contributed by atoms with Crippen molar-refractivity contribution in [3.8, 4) is 0 Å². The van der Waals surface area contributed by atoms with Crippen LogP contribution in [0.3, 0.4) is 0 Å². The van der Waals surface area contributed by atoms with Crippen molar-refractivity contribution in [3.63, 3.8) is 0 Å². The first kappa shape index (κ1) is 14.1. The lowest BCUT2D eigenvalue weighted by molar-refractivity contribution is 0.601. The molecular weight excluding hydrogens is 330 g/mol. The summed E-state index contributed by atoms with van der Waals surface area (Å²) in [5, 5.41) is 0.368. The van der Waals surface area contributed by atoms with Crippen LogP contribution in [-0.2, 0) is 10.0 Å². The number of nitrogens with one attached hydrogen (secondary N) is 1. The first-order chi connectivity index (χ1) is 9.95. The van der Waals surface area contributed by atoms with E-state index in [1.807, 2.05) is 24.3 Å². The van der Waals surface area contributed by atoms with Gasteiger partial charge in [0, 0.05) is 5.69 Å². The SMILES string of the molecule is Nc1ccc(S(=O)(=O)Nc2nc3ccccc3s2)c(Cl)c1. The molecule has 0 saturated heterocycles. The normalized spacial score (nSPS) is 11.7. The van der Waals surface area contributed by atoms with Gasteiger partial charge in [0.05, 0.1) is 15.2 Å². The van der Waals surface area contributed by atoms with E-state index in [-0.39, 0.29) is 9.92 Å². The molecule has 21 heavy (non-hydrogen) atoms. The number of fused-ring (bicyclic) bond motifs is 1. The summed E-state index contributed by atoms with van der Waals surface area (Å²) in [5.41, 5.74) is 6.71. The van der Waals surface area contributed by atoms with Crippen LogP contribution in [0.25, 0.3) is 10.2 Å². The lowest BCUT2D eigenvalue weighted by Crippen LogP contribution is -2.13. The van der Waals surface area contributed by atoms with Gasteiger partial charge in [-0.1, -0.05) is 35.1 Å². The number of aromatic nitrogens is 1. The maximum absolute atomic E-state index is 12.3. The molecule has 5 nitrogen and oxygen atoms in total. The van der Waals surface area contributed by atoms with E-state index in [4.69, 9.17) is 17.3 Å². The van der Waals surface area contributed by atoms with Gasteiger partial charge in [0.2, 0.25) is 0 Å². The predicted octanol–water partition coefficient (Wildman–Crippen LogP) is 3.33. The van der Waals surface area contributed by atoms with Crippen LogP contribution in [0.5, 0.6) is 0 Å². The average Bonchev–Trinajstić information content (AvgIpc) is 2.79. The van der Waals surface area contributed by atoms with E-state index in [9.17, 15) is 8.42 Å². The van der Waals surface area contributed by atoms with Gasteiger partial charge in [0.15, 0.2) is 5.13 Å². The lowest BCUT2D eigenvalue weighted by atomic mass is 10.3. The van der Waals surface area contributed by atoms with Crippen LogP contribution in [0.1, 0.15) is 0 Å². The Kier molecular flexibility index (Phi) is 3.48. The van der Waals surface area contributed by atoms with Crippen molar-refractivity contribution in [3.05, 3.63) is 47.5 Å².